The SMILES string of the molecule is CC1(c2ccc(-c3ccccc3)cc2)c2c(ccc3ccc(O)cc23)Oc2ccc3ccc(OCCOC4CO4)cc3c21. The summed E-state index contributed by atoms with van der Waals surface area (Å²) in [5.74, 6) is 2.58. The highest BCUT2D eigenvalue weighted by molar-refractivity contribution is 5.97. The van der Waals surface area contributed by atoms with Gasteiger partial charge in [0.05, 0.1) is 12.0 Å². The van der Waals surface area contributed by atoms with Crippen LogP contribution in [0.4, 0.5) is 0 Å². The summed E-state index contributed by atoms with van der Waals surface area (Å²) in [4.78, 5) is 0. The van der Waals surface area contributed by atoms with Crippen LogP contribution in [-0.4, -0.2) is 31.2 Å². The zero-order valence-corrected chi connectivity index (χ0v) is 23.7. The Morgan fingerprint density at radius 1 is 0.721 bits per heavy atom. The third kappa shape index (κ3) is 4.49. The topological polar surface area (TPSA) is 60.5 Å². The molecule has 2 atom stereocenters. The Morgan fingerprint density at radius 2 is 1.35 bits per heavy atom. The van der Waals surface area contributed by atoms with Crippen LogP contribution in [0.25, 0.3) is 32.7 Å². The summed E-state index contributed by atoms with van der Waals surface area (Å²) in [6, 6.07) is 39.2. The van der Waals surface area contributed by atoms with E-state index < -0.39 is 5.41 Å². The lowest BCUT2D eigenvalue weighted by Crippen LogP contribution is -2.30. The molecule has 0 aromatic heterocycles. The smallest absolute Gasteiger partial charge is 0.181 e. The number of phenols is 1. The van der Waals surface area contributed by atoms with E-state index in [2.05, 4.69) is 85.8 Å². The molecule has 8 rings (SSSR count). The molecule has 0 bridgehead atoms. The largest absolute Gasteiger partial charge is 0.508 e. The van der Waals surface area contributed by atoms with E-state index in [0.717, 1.165) is 61.0 Å². The third-order valence-electron chi connectivity index (χ3n) is 8.67. The minimum atomic E-state index is -0.615. The first-order chi connectivity index (χ1) is 21.1. The third-order valence-corrected chi connectivity index (χ3v) is 8.67. The number of hydrogen-bond acceptors (Lipinski definition) is 5. The van der Waals surface area contributed by atoms with Gasteiger partial charge < -0.3 is 24.1 Å². The molecule has 2 unspecified atom stereocenters. The van der Waals surface area contributed by atoms with E-state index in [1.54, 1.807) is 6.07 Å². The molecule has 6 aromatic carbocycles. The van der Waals surface area contributed by atoms with Gasteiger partial charge in [0.25, 0.3) is 0 Å². The van der Waals surface area contributed by atoms with Crippen LogP contribution in [0.5, 0.6) is 23.0 Å². The van der Waals surface area contributed by atoms with E-state index in [1.807, 2.05) is 30.3 Å². The van der Waals surface area contributed by atoms with Gasteiger partial charge in [-0.1, -0.05) is 78.9 Å². The van der Waals surface area contributed by atoms with Crippen molar-refractivity contribution in [1.29, 1.82) is 0 Å². The second-order valence-corrected chi connectivity index (χ2v) is 11.3. The molecular formula is C38H30O5. The summed E-state index contributed by atoms with van der Waals surface area (Å²) >= 11 is 0. The molecule has 0 spiro atoms. The molecule has 0 aliphatic carbocycles. The van der Waals surface area contributed by atoms with Gasteiger partial charge in [0.1, 0.15) is 36.2 Å². The van der Waals surface area contributed by atoms with Gasteiger partial charge in [-0.05, 0) is 81.6 Å². The highest BCUT2D eigenvalue weighted by Gasteiger charge is 2.42. The Labute approximate surface area is 249 Å². The molecule has 1 saturated heterocycles. The quantitative estimate of drug-likeness (QED) is 0.155. The van der Waals surface area contributed by atoms with Crippen LogP contribution in [0.15, 0.2) is 115 Å². The van der Waals surface area contributed by atoms with Crippen molar-refractivity contribution in [2.75, 3.05) is 19.8 Å². The number of aromatic hydroxyl groups is 1. The molecule has 1 fully saturated rings. The number of hydrogen-bond donors (Lipinski definition) is 1. The number of fused-ring (bicyclic) bond motifs is 6. The number of benzene rings is 6. The van der Waals surface area contributed by atoms with Crippen LogP contribution < -0.4 is 9.47 Å². The molecule has 1 N–H and O–H groups in total. The summed E-state index contributed by atoms with van der Waals surface area (Å²) in [7, 11) is 0. The van der Waals surface area contributed by atoms with E-state index in [-0.39, 0.29) is 12.0 Å². The molecule has 2 heterocycles. The van der Waals surface area contributed by atoms with Crippen molar-refractivity contribution in [3.05, 3.63) is 132 Å². The first-order valence-corrected chi connectivity index (χ1v) is 14.6. The summed E-state index contributed by atoms with van der Waals surface area (Å²) in [5, 5.41) is 14.8. The van der Waals surface area contributed by atoms with Crippen LogP contribution >= 0.6 is 0 Å². The van der Waals surface area contributed by atoms with Crippen LogP contribution in [0.1, 0.15) is 23.6 Å². The zero-order chi connectivity index (χ0) is 29.0. The first kappa shape index (κ1) is 25.8. The molecule has 2 aliphatic heterocycles. The second kappa shape index (κ2) is 10.2. The number of ether oxygens (including phenoxy) is 4. The standard InChI is InChI=1S/C38H30O5/c1-38(28-13-7-25(8-14-28)24-5-3-2-4-6-24)36-31-21-29(39)15-9-26(31)11-17-33(36)43-34-18-12-27-10-16-30(22-32(27)37(34)38)40-19-20-41-35-23-42-35/h2-18,21-22,35,39H,19-20,23H2,1H3. The summed E-state index contributed by atoms with van der Waals surface area (Å²) in [6.07, 6.45) is -0.0901. The molecule has 6 aromatic rings. The predicted molar refractivity (Wildman–Crippen MR) is 168 cm³/mol. The highest BCUT2D eigenvalue weighted by atomic mass is 16.8. The second-order valence-electron chi connectivity index (χ2n) is 11.3. The number of phenolic OH excluding ortho intramolecular Hbond substituents is 1. The molecule has 2 aliphatic rings. The van der Waals surface area contributed by atoms with Crippen LogP contribution in [0.2, 0.25) is 0 Å². The lowest BCUT2D eigenvalue weighted by molar-refractivity contribution is 0.0324. The lowest BCUT2D eigenvalue weighted by atomic mass is 9.66. The minimum Gasteiger partial charge on any atom is -0.508 e. The first-order valence-electron chi connectivity index (χ1n) is 14.6. The average Bonchev–Trinajstić information content (AvgIpc) is 3.87. The van der Waals surface area contributed by atoms with Gasteiger partial charge in [-0.3, -0.25) is 0 Å². The normalized spacial score (nSPS) is 18.6. The average molecular weight is 567 g/mol. The highest BCUT2D eigenvalue weighted by Crippen LogP contribution is 2.56. The van der Waals surface area contributed by atoms with Crippen LogP contribution in [0, 0.1) is 0 Å². The van der Waals surface area contributed by atoms with Gasteiger partial charge in [0.2, 0.25) is 0 Å². The molecule has 5 heteroatoms. The van der Waals surface area contributed by atoms with Gasteiger partial charge in [-0.2, -0.15) is 0 Å². The van der Waals surface area contributed by atoms with Gasteiger partial charge in [0, 0.05) is 11.1 Å². The maximum atomic E-state index is 10.6. The van der Waals surface area contributed by atoms with E-state index in [0.29, 0.717) is 19.8 Å². The van der Waals surface area contributed by atoms with Crippen molar-refractivity contribution >= 4 is 21.5 Å². The summed E-state index contributed by atoms with van der Waals surface area (Å²) < 4.78 is 23.5. The maximum Gasteiger partial charge on any atom is 0.181 e. The molecule has 0 saturated carbocycles. The van der Waals surface area contributed by atoms with Crippen molar-refractivity contribution < 1.29 is 24.1 Å². The van der Waals surface area contributed by atoms with Gasteiger partial charge in [-0.15, -0.1) is 0 Å². The Bertz CT molecular complexity index is 1980. The van der Waals surface area contributed by atoms with E-state index in [9.17, 15) is 5.11 Å². The van der Waals surface area contributed by atoms with Crippen molar-refractivity contribution in [2.45, 2.75) is 18.6 Å². The van der Waals surface area contributed by atoms with Gasteiger partial charge in [-0.25, -0.2) is 0 Å². The van der Waals surface area contributed by atoms with Crippen molar-refractivity contribution in [3.63, 3.8) is 0 Å². The number of rotatable bonds is 7. The monoisotopic (exact) mass is 566 g/mol. The lowest BCUT2D eigenvalue weighted by Gasteiger charge is -2.40. The van der Waals surface area contributed by atoms with Crippen LogP contribution in [0.3, 0.4) is 0 Å². The van der Waals surface area contributed by atoms with E-state index >= 15 is 0 Å². The fourth-order valence-electron chi connectivity index (χ4n) is 6.49. The fourth-order valence-corrected chi connectivity index (χ4v) is 6.49. The van der Waals surface area contributed by atoms with Crippen molar-refractivity contribution in [3.8, 4) is 34.1 Å². The maximum absolute atomic E-state index is 10.6. The molecule has 0 radical (unpaired) electrons. The fraction of sp³-hybridized carbons (Fsp3) is 0.158. The van der Waals surface area contributed by atoms with Crippen molar-refractivity contribution in [1.82, 2.24) is 0 Å². The Kier molecular flexibility index (Phi) is 6.10. The minimum absolute atomic E-state index is 0.0901. The Balaban J connectivity index is 1.33. The van der Waals surface area contributed by atoms with Crippen molar-refractivity contribution in [2.24, 2.45) is 0 Å². The van der Waals surface area contributed by atoms with Gasteiger partial charge >= 0.3 is 0 Å². The van der Waals surface area contributed by atoms with E-state index in [4.69, 9.17) is 18.9 Å². The zero-order valence-electron chi connectivity index (χ0n) is 23.7. The molecular weight excluding hydrogens is 536 g/mol. The molecule has 212 valence electrons. The molecule has 43 heavy (non-hydrogen) atoms. The Hall–Kier alpha value is -4.84. The summed E-state index contributed by atoms with van der Waals surface area (Å²) in [5.41, 5.74) is 4.93. The Morgan fingerprint density at radius 3 is 2.05 bits per heavy atom. The number of epoxide rings is 1. The molecule has 0 amide bonds. The van der Waals surface area contributed by atoms with E-state index in [1.165, 1.54) is 5.56 Å². The van der Waals surface area contributed by atoms with Gasteiger partial charge in [0.15, 0.2) is 6.29 Å². The molecule has 5 nitrogen and oxygen atoms in total. The summed E-state index contributed by atoms with van der Waals surface area (Å²) in [6.45, 7) is 3.82. The predicted octanol–water partition coefficient (Wildman–Crippen LogP) is 8.58. The van der Waals surface area contributed by atoms with Crippen LogP contribution in [-0.2, 0) is 14.9 Å².